The molecule has 0 radical (unpaired) electrons. The van der Waals surface area contributed by atoms with E-state index >= 15 is 4.79 Å². The van der Waals surface area contributed by atoms with Crippen LogP contribution in [0.3, 0.4) is 0 Å². The Hall–Kier alpha value is -6.45. The number of aliphatic imine (C=N–C) groups is 1. The number of carbonyl (C=O) groups excluding carboxylic acids is 3. The number of nitrogens with zero attached hydrogens (tertiary/aromatic N) is 8. The highest BCUT2D eigenvalue weighted by atomic mass is 35.5. The van der Waals surface area contributed by atoms with Gasteiger partial charge in [-0.2, -0.15) is 59.9 Å². The summed E-state index contributed by atoms with van der Waals surface area (Å²) in [4.78, 5) is 53.3. The lowest BCUT2D eigenvalue weighted by molar-refractivity contribution is -0.218. The van der Waals surface area contributed by atoms with Crippen molar-refractivity contribution in [3.05, 3.63) is 107 Å². The van der Waals surface area contributed by atoms with Crippen molar-refractivity contribution in [1.29, 1.82) is 0 Å². The van der Waals surface area contributed by atoms with Crippen molar-refractivity contribution >= 4 is 35.5 Å². The summed E-state index contributed by atoms with van der Waals surface area (Å²) in [7, 11) is 0. The van der Waals surface area contributed by atoms with Crippen molar-refractivity contribution in [2.45, 2.75) is 95.5 Å². The third-order valence-corrected chi connectivity index (χ3v) is 12.4. The number of halogens is 9. The highest BCUT2D eigenvalue weighted by Crippen LogP contribution is 2.60. The first-order chi connectivity index (χ1) is 31.6. The quantitative estimate of drug-likeness (QED) is 0.0796. The summed E-state index contributed by atoms with van der Waals surface area (Å²) in [5.41, 5.74) is -6.55. The Morgan fingerprint density at radius 2 is 1.64 bits per heavy atom. The molecule has 14 nitrogen and oxygen atoms in total. The fourth-order valence-electron chi connectivity index (χ4n) is 7.79. The molecule has 5 aromatic rings. The van der Waals surface area contributed by atoms with Crippen LogP contribution in [0.15, 0.2) is 90.3 Å². The molecule has 1 N–H and O–H groups in total. The third kappa shape index (κ3) is 9.57. The summed E-state index contributed by atoms with van der Waals surface area (Å²) in [6.07, 6.45) is -9.74. The van der Waals surface area contributed by atoms with Gasteiger partial charge in [0.2, 0.25) is 5.96 Å². The fourth-order valence-corrected chi connectivity index (χ4v) is 8.00. The van der Waals surface area contributed by atoms with E-state index in [4.69, 9.17) is 21.1 Å². The van der Waals surface area contributed by atoms with E-state index in [2.05, 4.69) is 30.6 Å². The van der Waals surface area contributed by atoms with Crippen LogP contribution in [0, 0.1) is 10.8 Å². The number of amides is 2. The van der Waals surface area contributed by atoms with E-state index in [-0.39, 0.29) is 51.9 Å². The smallest absolute Gasteiger partial charge is 0.414 e. The van der Waals surface area contributed by atoms with Gasteiger partial charge in [-0.15, -0.1) is 0 Å². The van der Waals surface area contributed by atoms with Crippen LogP contribution in [-0.2, 0) is 31.2 Å². The van der Waals surface area contributed by atoms with Gasteiger partial charge in [-0.3, -0.25) is 19.8 Å². The molecule has 1 aliphatic heterocycles. The lowest BCUT2D eigenvalue weighted by atomic mass is 9.74. The zero-order valence-corrected chi connectivity index (χ0v) is 36.2. The number of hydrogen-bond acceptors (Lipinski definition) is 10. The van der Waals surface area contributed by atoms with E-state index in [1.54, 1.807) is 35.1 Å². The maximum Gasteiger partial charge on any atom is 0.414 e. The van der Waals surface area contributed by atoms with Crippen LogP contribution < -0.4 is 5.32 Å². The van der Waals surface area contributed by atoms with Crippen LogP contribution in [0.5, 0.6) is 0 Å². The molecule has 2 aromatic heterocycles. The molecule has 0 spiro atoms. The molecule has 3 aliphatic rings. The van der Waals surface area contributed by atoms with E-state index < -0.39 is 90.5 Å². The Labute approximate surface area is 381 Å². The molecule has 8 rings (SSSR count). The van der Waals surface area contributed by atoms with E-state index in [0.29, 0.717) is 16.8 Å². The molecular formula is C44H40ClF8N9O5. The first-order valence-corrected chi connectivity index (χ1v) is 21.2. The average molecular weight is 962 g/mol. The molecule has 2 amide bonds. The van der Waals surface area contributed by atoms with Crippen molar-refractivity contribution in [2.24, 2.45) is 15.8 Å². The second kappa shape index (κ2) is 17.6. The Morgan fingerprint density at radius 1 is 0.940 bits per heavy atom. The number of esters is 1. The normalized spacial score (nSPS) is 18.8. The van der Waals surface area contributed by atoms with Crippen molar-refractivity contribution in [3.63, 3.8) is 0 Å². The predicted molar refractivity (Wildman–Crippen MR) is 222 cm³/mol. The second-order valence-electron chi connectivity index (χ2n) is 17.3. The molecule has 3 aromatic carbocycles. The van der Waals surface area contributed by atoms with Gasteiger partial charge in [-0.1, -0.05) is 86.1 Å². The fraction of sp³-hybridized carbons (Fsp3) is 0.409. The number of hydrogen-bond donors (Lipinski definition) is 1. The SMILES string of the molecule is CC(C)(C[C@]1(c2ccc(-c3cnn(C4CC4)n3)cc2)N=C(NC(=O)OCc2ccccc2)N([C@H](COC(=O)CC2(C(F)(F)F)CC2)c2ccc(Cl)c(-c3ncnn3C(F)F)c2)C1=O)C(F)(F)F. The molecule has 354 valence electrons. The minimum Gasteiger partial charge on any atom is -0.463 e. The number of aromatic nitrogens is 6. The number of alkyl halides is 8. The van der Waals surface area contributed by atoms with Crippen LogP contribution >= 0.6 is 11.6 Å². The van der Waals surface area contributed by atoms with Gasteiger partial charge in [0, 0.05) is 11.1 Å². The average Bonchev–Trinajstić information content (AvgIpc) is 4.14. The Morgan fingerprint density at radius 3 is 2.27 bits per heavy atom. The summed E-state index contributed by atoms with van der Waals surface area (Å²) in [5, 5.41) is 14.5. The largest absolute Gasteiger partial charge is 0.463 e. The minimum atomic E-state index is -4.95. The van der Waals surface area contributed by atoms with Gasteiger partial charge >= 0.3 is 31.0 Å². The molecule has 2 aliphatic carbocycles. The van der Waals surface area contributed by atoms with Crippen molar-refractivity contribution < 1.29 is 59.0 Å². The van der Waals surface area contributed by atoms with Crippen LogP contribution in [-0.4, -0.2) is 77.5 Å². The van der Waals surface area contributed by atoms with Crippen LogP contribution in [0.2, 0.25) is 5.02 Å². The van der Waals surface area contributed by atoms with Gasteiger partial charge in [0.15, 0.2) is 11.4 Å². The molecule has 2 fully saturated rings. The van der Waals surface area contributed by atoms with Crippen LogP contribution in [0.25, 0.3) is 22.6 Å². The Balaban J connectivity index is 1.26. The standard InChI is InChI=1S/C44H40ClF8N9O5/c1-40(2,43(48,49)50)23-42(28-11-8-26(9-12-28)32-20-55-62(59-32)29-13-14-29)36(64)60(38(58-42)57-39(65)67-21-25-6-4-3-5-7-25)33(22-66-34(63)19-41(16-17-41)44(51,52)53)27-10-15-31(45)30(18-27)35-54-24-56-61(35)37(46)47/h3-12,15,18,20,24,29,33,37H,13-14,16-17,19,21-23H2,1-2H3,(H,57,58,65)/t33-,42-/m1/s1. The van der Waals surface area contributed by atoms with E-state index in [1.807, 2.05) is 0 Å². The number of benzene rings is 3. The van der Waals surface area contributed by atoms with Gasteiger partial charge in [0.05, 0.1) is 40.6 Å². The molecule has 0 bridgehead atoms. The minimum absolute atomic E-state index is 0.0916. The first kappa shape index (κ1) is 47.1. The highest BCUT2D eigenvalue weighted by Gasteiger charge is 2.64. The molecule has 2 atom stereocenters. The summed E-state index contributed by atoms with van der Waals surface area (Å²) in [6.45, 7) is -2.83. The van der Waals surface area contributed by atoms with Crippen molar-refractivity contribution in [1.82, 2.24) is 40.0 Å². The van der Waals surface area contributed by atoms with E-state index in [0.717, 1.165) is 44.0 Å². The maximum absolute atomic E-state index is 15.6. The highest BCUT2D eigenvalue weighted by molar-refractivity contribution is 6.33. The lowest BCUT2D eigenvalue weighted by Gasteiger charge is -2.37. The summed E-state index contributed by atoms with van der Waals surface area (Å²) < 4.78 is 126. The number of guanidine groups is 1. The van der Waals surface area contributed by atoms with Gasteiger partial charge in [0.1, 0.15) is 25.2 Å². The van der Waals surface area contributed by atoms with Gasteiger partial charge in [-0.25, -0.2) is 14.8 Å². The summed E-state index contributed by atoms with van der Waals surface area (Å²) in [6, 6.07) is 16.1. The van der Waals surface area contributed by atoms with Crippen molar-refractivity contribution in [2.75, 3.05) is 6.61 Å². The molecule has 2 saturated carbocycles. The number of nitrogens with one attached hydrogen (secondary N) is 1. The number of carbonyl (C=O) groups is 3. The molecule has 0 unspecified atom stereocenters. The number of rotatable bonds is 15. The number of alkyl carbamates (subject to hydrolysis) is 1. The zero-order chi connectivity index (χ0) is 48.1. The zero-order valence-electron chi connectivity index (χ0n) is 35.5. The van der Waals surface area contributed by atoms with Crippen molar-refractivity contribution in [3.8, 4) is 22.6 Å². The van der Waals surface area contributed by atoms with Gasteiger partial charge in [0.25, 0.3) is 5.91 Å². The first-order valence-electron chi connectivity index (χ1n) is 20.8. The molecule has 3 heterocycles. The van der Waals surface area contributed by atoms with Gasteiger partial charge in [-0.05, 0) is 60.9 Å². The third-order valence-electron chi connectivity index (χ3n) is 12.1. The van der Waals surface area contributed by atoms with E-state index in [9.17, 15) is 44.7 Å². The maximum atomic E-state index is 15.6. The molecular weight excluding hydrogens is 922 g/mol. The molecule has 67 heavy (non-hydrogen) atoms. The summed E-state index contributed by atoms with van der Waals surface area (Å²) in [5.74, 6) is -3.73. The second-order valence-corrected chi connectivity index (χ2v) is 17.7. The Bertz CT molecular complexity index is 2680. The monoisotopic (exact) mass is 961 g/mol. The molecule has 23 heteroatoms. The molecule has 0 saturated heterocycles. The Kier molecular flexibility index (Phi) is 12.4. The predicted octanol–water partition coefficient (Wildman–Crippen LogP) is 9.90. The number of ether oxygens (including phenoxy) is 2. The lowest BCUT2D eigenvalue weighted by Crippen LogP contribution is -2.50. The van der Waals surface area contributed by atoms with Crippen LogP contribution in [0.1, 0.15) is 87.7 Å². The summed E-state index contributed by atoms with van der Waals surface area (Å²) >= 11 is 6.50. The topological polar surface area (TPSA) is 159 Å². The van der Waals surface area contributed by atoms with Gasteiger partial charge < -0.3 is 9.47 Å². The van der Waals surface area contributed by atoms with E-state index in [1.165, 1.54) is 42.6 Å². The van der Waals surface area contributed by atoms with Crippen LogP contribution in [0.4, 0.5) is 39.9 Å².